The van der Waals surface area contributed by atoms with Crippen molar-refractivity contribution in [2.75, 3.05) is 0 Å². The lowest BCUT2D eigenvalue weighted by atomic mass is 9.37. The average Bonchev–Trinajstić information content (AvgIpc) is 3.35. The first-order valence-corrected chi connectivity index (χ1v) is 13.4. The fraction of sp³-hybridized carbons (Fsp3) is 0. The van der Waals surface area contributed by atoms with Crippen LogP contribution in [-0.4, -0.2) is 11.3 Å². The molecular weight excluding hydrogens is 473 g/mol. The van der Waals surface area contributed by atoms with E-state index in [1.165, 1.54) is 38.2 Å². The van der Waals surface area contributed by atoms with Crippen LogP contribution in [0.1, 0.15) is 0 Å². The summed E-state index contributed by atoms with van der Waals surface area (Å²) >= 11 is 0. The highest BCUT2D eigenvalue weighted by atomic mass is 16.5. The number of fused-ring (bicyclic) bond motifs is 5. The van der Waals surface area contributed by atoms with Gasteiger partial charge in [0.15, 0.2) is 11.5 Å². The third-order valence-electron chi connectivity index (χ3n) is 7.92. The van der Waals surface area contributed by atoms with Gasteiger partial charge in [-0.2, -0.15) is 0 Å². The second-order valence-electron chi connectivity index (χ2n) is 10.2. The van der Waals surface area contributed by atoms with Crippen molar-refractivity contribution in [2.24, 2.45) is 0 Å². The third kappa shape index (κ3) is 3.51. The van der Waals surface area contributed by atoms with E-state index in [4.69, 9.17) is 4.74 Å². The fourth-order valence-corrected chi connectivity index (χ4v) is 6.13. The molecule has 39 heavy (non-hydrogen) atoms. The van der Waals surface area contributed by atoms with Crippen molar-refractivity contribution in [3.8, 4) is 28.3 Å². The zero-order chi connectivity index (χ0) is 25.8. The van der Waals surface area contributed by atoms with E-state index in [0.717, 1.165) is 28.3 Å². The molecule has 0 unspecified atom stereocenters. The molecule has 0 saturated carbocycles. The van der Waals surface area contributed by atoms with Gasteiger partial charge in [-0.05, 0) is 35.4 Å². The number of aromatic nitrogens is 1. The summed E-state index contributed by atoms with van der Waals surface area (Å²) in [7, 11) is 0. The normalized spacial score (nSPS) is 11.8. The van der Waals surface area contributed by atoms with Crippen LogP contribution in [0, 0.1) is 0 Å². The van der Waals surface area contributed by atoms with Crippen LogP contribution in [0.4, 0.5) is 0 Å². The lowest BCUT2D eigenvalue weighted by molar-refractivity contribution is 0.476. The van der Waals surface area contributed by atoms with E-state index >= 15 is 0 Å². The Morgan fingerprint density at radius 1 is 0.462 bits per heavy atom. The molecule has 0 radical (unpaired) electrons. The number of hydrogen-bond donors (Lipinski definition) is 0. The van der Waals surface area contributed by atoms with Crippen LogP contribution in [0.5, 0.6) is 11.5 Å². The number of nitrogens with zero attached hydrogens (tertiary/aromatic N) is 1. The zero-order valence-corrected chi connectivity index (χ0v) is 21.3. The van der Waals surface area contributed by atoms with E-state index in [0.29, 0.717) is 0 Å². The maximum absolute atomic E-state index is 6.50. The van der Waals surface area contributed by atoms with E-state index in [1.54, 1.807) is 0 Å². The fourth-order valence-electron chi connectivity index (χ4n) is 6.13. The van der Waals surface area contributed by atoms with Gasteiger partial charge in [-0.1, -0.05) is 138 Å². The van der Waals surface area contributed by atoms with E-state index in [2.05, 4.69) is 150 Å². The van der Waals surface area contributed by atoms with Crippen LogP contribution in [0.2, 0.25) is 0 Å². The molecule has 8 rings (SSSR count). The van der Waals surface area contributed by atoms with Crippen LogP contribution in [0.25, 0.3) is 38.6 Å². The first kappa shape index (κ1) is 22.0. The Labute approximate surface area is 227 Å². The summed E-state index contributed by atoms with van der Waals surface area (Å²) in [5.74, 6) is 1.78. The summed E-state index contributed by atoms with van der Waals surface area (Å²) < 4.78 is 8.84. The Balaban J connectivity index is 1.20. The van der Waals surface area contributed by atoms with Gasteiger partial charge in [0, 0.05) is 10.8 Å². The van der Waals surface area contributed by atoms with Gasteiger partial charge in [0.2, 0.25) is 6.71 Å². The first-order valence-electron chi connectivity index (χ1n) is 13.4. The summed E-state index contributed by atoms with van der Waals surface area (Å²) in [6.45, 7) is 0.189. The number of benzene rings is 6. The third-order valence-corrected chi connectivity index (χ3v) is 7.92. The number of para-hydroxylation sites is 2. The zero-order valence-electron chi connectivity index (χ0n) is 21.3. The molecule has 1 aromatic heterocycles. The molecule has 6 aromatic carbocycles. The Kier molecular flexibility index (Phi) is 4.96. The largest absolute Gasteiger partial charge is 0.453 e. The lowest BCUT2D eigenvalue weighted by Crippen LogP contribution is -2.51. The molecule has 0 bridgehead atoms. The van der Waals surface area contributed by atoms with E-state index in [9.17, 15) is 0 Å². The Morgan fingerprint density at radius 3 is 1.82 bits per heavy atom. The Bertz CT molecular complexity index is 1940. The second kappa shape index (κ2) is 8.78. The van der Waals surface area contributed by atoms with Gasteiger partial charge in [0.05, 0.1) is 16.7 Å². The van der Waals surface area contributed by atoms with Gasteiger partial charge in [0.25, 0.3) is 0 Å². The van der Waals surface area contributed by atoms with Crippen molar-refractivity contribution in [2.45, 2.75) is 0 Å². The number of hydrogen-bond acceptors (Lipinski definition) is 1. The molecule has 182 valence electrons. The average molecular weight is 497 g/mol. The molecule has 1 aliphatic rings. The maximum Gasteiger partial charge on any atom is 0.241 e. The van der Waals surface area contributed by atoms with Gasteiger partial charge in [-0.15, -0.1) is 0 Å². The summed E-state index contributed by atoms with van der Waals surface area (Å²) in [5, 5.41) is 2.47. The van der Waals surface area contributed by atoms with Crippen LogP contribution >= 0.6 is 0 Å². The maximum atomic E-state index is 6.50. The van der Waals surface area contributed by atoms with E-state index in [-0.39, 0.29) is 6.71 Å². The molecule has 2 nitrogen and oxygen atoms in total. The molecule has 0 atom stereocenters. The van der Waals surface area contributed by atoms with Gasteiger partial charge >= 0.3 is 0 Å². The Hall–Kier alpha value is -5.02. The minimum Gasteiger partial charge on any atom is -0.453 e. The van der Waals surface area contributed by atoms with Crippen molar-refractivity contribution in [3.63, 3.8) is 0 Å². The predicted molar refractivity (Wildman–Crippen MR) is 164 cm³/mol. The van der Waals surface area contributed by atoms with E-state index < -0.39 is 0 Å². The molecule has 0 amide bonds. The molecule has 3 heteroatoms. The first-order chi connectivity index (χ1) is 19.3. The van der Waals surface area contributed by atoms with Crippen LogP contribution in [0.15, 0.2) is 146 Å². The highest BCUT2D eigenvalue weighted by Gasteiger charge is 2.24. The summed E-state index contributed by atoms with van der Waals surface area (Å²) in [4.78, 5) is 0. The minimum atomic E-state index is 0.189. The van der Waals surface area contributed by atoms with Crippen LogP contribution in [-0.2, 0) is 0 Å². The number of rotatable bonds is 4. The standard InChI is InChI=1S/C36H24BNO/c1-3-10-27(11-4-1)37(28-12-5-2-6-13-28)29-21-18-25(19-22-29)26-20-23-33-35(24-26)39-34-17-9-15-31-30-14-7-8-16-32(30)38(33)36(31)34/h1-24H. The molecular formula is C36H24BNO. The summed E-state index contributed by atoms with van der Waals surface area (Å²) in [6.07, 6.45) is 0. The summed E-state index contributed by atoms with van der Waals surface area (Å²) in [6, 6.07) is 52.0. The van der Waals surface area contributed by atoms with Crippen molar-refractivity contribution < 1.29 is 4.74 Å². The van der Waals surface area contributed by atoms with Crippen molar-refractivity contribution in [3.05, 3.63) is 146 Å². The van der Waals surface area contributed by atoms with Crippen molar-refractivity contribution in [1.29, 1.82) is 0 Å². The molecule has 2 heterocycles. The minimum absolute atomic E-state index is 0.189. The predicted octanol–water partition coefficient (Wildman–Crippen LogP) is 7.07. The highest BCUT2D eigenvalue weighted by Crippen LogP contribution is 2.46. The van der Waals surface area contributed by atoms with Crippen LogP contribution in [0.3, 0.4) is 0 Å². The SMILES string of the molecule is c1ccc(B(c2ccccc2)c2ccc(-c3ccc4c(c3)Oc3cccc5c6ccccc6n-4c35)cc2)cc1. The molecule has 0 fully saturated rings. The Morgan fingerprint density at radius 2 is 1.08 bits per heavy atom. The van der Waals surface area contributed by atoms with Gasteiger partial charge < -0.3 is 9.30 Å². The lowest BCUT2D eigenvalue weighted by Gasteiger charge is -2.22. The molecule has 7 aromatic rings. The molecule has 0 saturated heterocycles. The topological polar surface area (TPSA) is 14.2 Å². The quantitative estimate of drug-likeness (QED) is 0.237. The van der Waals surface area contributed by atoms with Crippen molar-refractivity contribution >= 4 is 44.9 Å². The highest BCUT2D eigenvalue weighted by molar-refractivity contribution is 6.95. The van der Waals surface area contributed by atoms with E-state index in [1.807, 2.05) is 0 Å². The number of ether oxygens (including phenoxy) is 1. The molecule has 1 aliphatic heterocycles. The molecule has 0 aliphatic carbocycles. The summed E-state index contributed by atoms with van der Waals surface area (Å²) in [5.41, 5.74) is 9.60. The van der Waals surface area contributed by atoms with Crippen LogP contribution < -0.4 is 21.1 Å². The smallest absolute Gasteiger partial charge is 0.241 e. The second-order valence-corrected chi connectivity index (χ2v) is 10.2. The van der Waals surface area contributed by atoms with Crippen molar-refractivity contribution in [1.82, 2.24) is 4.57 Å². The molecule has 0 N–H and O–H groups in total. The van der Waals surface area contributed by atoms with Gasteiger partial charge in [-0.3, -0.25) is 0 Å². The monoisotopic (exact) mass is 497 g/mol. The van der Waals surface area contributed by atoms with Gasteiger partial charge in [-0.25, -0.2) is 0 Å². The van der Waals surface area contributed by atoms with Gasteiger partial charge in [0.1, 0.15) is 0 Å². The molecule has 0 spiro atoms.